The minimum Gasteiger partial charge on any atom is -0.497 e. The van der Waals surface area contributed by atoms with Crippen LogP contribution in [-0.2, 0) is 15.7 Å². The van der Waals surface area contributed by atoms with Gasteiger partial charge < -0.3 is 24.4 Å². The number of morpholine rings is 1. The monoisotopic (exact) mass is 436 g/mol. The quantitative estimate of drug-likeness (QED) is 0.688. The fourth-order valence-corrected chi connectivity index (χ4v) is 3.16. The molecule has 0 spiro atoms. The lowest BCUT2D eigenvalue weighted by Gasteiger charge is -2.30. The highest BCUT2D eigenvalue weighted by molar-refractivity contribution is 6.04. The van der Waals surface area contributed by atoms with Crippen molar-refractivity contribution in [1.29, 1.82) is 0 Å². The van der Waals surface area contributed by atoms with Gasteiger partial charge in [0, 0.05) is 25.2 Å². The van der Waals surface area contributed by atoms with E-state index >= 15 is 0 Å². The Morgan fingerprint density at radius 1 is 1.06 bits per heavy atom. The number of amides is 1. The summed E-state index contributed by atoms with van der Waals surface area (Å²) in [7, 11) is 3.02. The second-order valence-corrected chi connectivity index (χ2v) is 6.80. The number of anilines is 2. The number of carbonyl (C=O) groups is 1. The van der Waals surface area contributed by atoms with Gasteiger partial charge >= 0.3 is 6.18 Å². The summed E-state index contributed by atoms with van der Waals surface area (Å²) in [5.74, 6) is 0.536. The summed E-state index contributed by atoms with van der Waals surface area (Å²) in [4.78, 5) is 14.4. The number of nitrogens with one attached hydrogen (secondary N) is 1. The largest absolute Gasteiger partial charge is 0.497 e. The number of ether oxygens (including phenoxy) is 3. The van der Waals surface area contributed by atoms with Crippen LogP contribution in [0.25, 0.3) is 6.08 Å². The lowest BCUT2D eigenvalue weighted by molar-refractivity contribution is -0.137. The molecule has 1 aliphatic rings. The van der Waals surface area contributed by atoms with Crippen molar-refractivity contribution in [2.45, 2.75) is 6.18 Å². The Labute approximate surface area is 178 Å². The van der Waals surface area contributed by atoms with E-state index in [4.69, 9.17) is 14.2 Å². The highest BCUT2D eigenvalue weighted by atomic mass is 19.4. The number of alkyl halides is 3. The summed E-state index contributed by atoms with van der Waals surface area (Å²) < 4.78 is 55.3. The number of hydrogen-bond donors (Lipinski definition) is 1. The van der Waals surface area contributed by atoms with Crippen molar-refractivity contribution in [1.82, 2.24) is 0 Å². The van der Waals surface area contributed by atoms with Gasteiger partial charge in [-0.2, -0.15) is 13.2 Å². The van der Waals surface area contributed by atoms with E-state index in [-0.39, 0.29) is 5.69 Å². The number of methoxy groups -OCH3 is 2. The number of benzene rings is 2. The van der Waals surface area contributed by atoms with E-state index in [1.165, 1.54) is 32.4 Å². The average Bonchev–Trinajstić information content (AvgIpc) is 2.77. The molecule has 0 aromatic heterocycles. The van der Waals surface area contributed by atoms with Crippen LogP contribution in [0.2, 0.25) is 0 Å². The van der Waals surface area contributed by atoms with Crippen LogP contribution in [-0.4, -0.2) is 46.4 Å². The van der Waals surface area contributed by atoms with Gasteiger partial charge in [0.2, 0.25) is 5.91 Å². The Kier molecular flexibility index (Phi) is 7.06. The molecule has 0 atom stereocenters. The summed E-state index contributed by atoms with van der Waals surface area (Å²) in [6.45, 7) is 1.97. The van der Waals surface area contributed by atoms with E-state index in [1.807, 2.05) is 4.90 Å². The maximum absolute atomic E-state index is 13.2. The smallest absolute Gasteiger partial charge is 0.416 e. The molecular weight excluding hydrogens is 413 g/mol. The first-order valence-electron chi connectivity index (χ1n) is 9.56. The third kappa shape index (κ3) is 5.91. The first-order valence-corrected chi connectivity index (χ1v) is 9.56. The maximum atomic E-state index is 13.2. The lowest BCUT2D eigenvalue weighted by Crippen LogP contribution is -2.36. The Morgan fingerprint density at radius 3 is 2.29 bits per heavy atom. The van der Waals surface area contributed by atoms with Crippen LogP contribution in [0.4, 0.5) is 24.5 Å². The van der Waals surface area contributed by atoms with Crippen LogP contribution in [0.1, 0.15) is 11.1 Å². The van der Waals surface area contributed by atoms with Gasteiger partial charge in [-0.25, -0.2) is 0 Å². The molecule has 2 aromatic carbocycles. The number of halogens is 3. The topological polar surface area (TPSA) is 60.0 Å². The fraction of sp³-hybridized carbons (Fsp3) is 0.318. The van der Waals surface area contributed by atoms with Gasteiger partial charge in [-0.15, -0.1) is 0 Å². The Bertz CT molecular complexity index is 932. The molecule has 3 rings (SSSR count). The predicted octanol–water partition coefficient (Wildman–Crippen LogP) is 4.21. The molecule has 0 saturated carbocycles. The van der Waals surface area contributed by atoms with E-state index in [9.17, 15) is 18.0 Å². The molecule has 1 N–H and O–H groups in total. The standard InChI is InChI=1S/C22H23F3N2O4/c1-29-17-11-15(12-18(14-17)30-2)3-6-21(28)26-19-13-16(22(23,24)25)4-5-20(19)27-7-9-31-10-8-27/h3-6,11-14H,7-10H2,1-2H3,(H,26,28)/b6-3+. The van der Waals surface area contributed by atoms with Crippen LogP contribution >= 0.6 is 0 Å². The molecule has 1 fully saturated rings. The third-order valence-corrected chi connectivity index (χ3v) is 4.73. The SMILES string of the molecule is COc1cc(/C=C/C(=O)Nc2cc(C(F)(F)F)ccc2N2CCOCC2)cc(OC)c1. The number of carbonyl (C=O) groups excluding carboxylic acids is 1. The molecule has 0 radical (unpaired) electrons. The molecule has 0 unspecified atom stereocenters. The highest BCUT2D eigenvalue weighted by Crippen LogP contribution is 2.36. The van der Waals surface area contributed by atoms with Crippen molar-refractivity contribution in [3.8, 4) is 11.5 Å². The summed E-state index contributed by atoms with van der Waals surface area (Å²) >= 11 is 0. The fourth-order valence-electron chi connectivity index (χ4n) is 3.16. The first kappa shape index (κ1) is 22.5. The van der Waals surface area contributed by atoms with Crippen LogP contribution in [0.5, 0.6) is 11.5 Å². The molecule has 1 amide bonds. The van der Waals surface area contributed by atoms with Gasteiger partial charge in [-0.05, 0) is 42.0 Å². The normalized spacial score (nSPS) is 14.5. The minimum absolute atomic E-state index is 0.0922. The van der Waals surface area contributed by atoms with E-state index in [0.29, 0.717) is 49.1 Å². The zero-order chi connectivity index (χ0) is 22.4. The molecule has 1 aliphatic heterocycles. The zero-order valence-corrected chi connectivity index (χ0v) is 17.2. The number of rotatable bonds is 6. The van der Waals surface area contributed by atoms with Gasteiger partial charge in [-0.3, -0.25) is 4.79 Å². The Balaban J connectivity index is 1.84. The molecular formula is C22H23F3N2O4. The van der Waals surface area contributed by atoms with Crippen LogP contribution in [0.15, 0.2) is 42.5 Å². The van der Waals surface area contributed by atoms with Gasteiger partial charge in [0.15, 0.2) is 0 Å². The van der Waals surface area contributed by atoms with Crippen LogP contribution in [0, 0.1) is 0 Å². The molecule has 31 heavy (non-hydrogen) atoms. The second-order valence-electron chi connectivity index (χ2n) is 6.80. The maximum Gasteiger partial charge on any atom is 0.416 e. The predicted molar refractivity (Wildman–Crippen MR) is 112 cm³/mol. The van der Waals surface area contributed by atoms with E-state index < -0.39 is 17.6 Å². The average molecular weight is 436 g/mol. The number of nitrogens with zero attached hydrogens (tertiary/aromatic N) is 1. The highest BCUT2D eigenvalue weighted by Gasteiger charge is 2.31. The molecule has 1 saturated heterocycles. The van der Waals surface area contributed by atoms with Crippen molar-refractivity contribution >= 4 is 23.4 Å². The van der Waals surface area contributed by atoms with Crippen molar-refractivity contribution in [2.75, 3.05) is 50.7 Å². The Hall–Kier alpha value is -3.20. The second kappa shape index (κ2) is 9.74. The lowest BCUT2D eigenvalue weighted by atomic mass is 10.1. The van der Waals surface area contributed by atoms with Gasteiger partial charge in [0.1, 0.15) is 11.5 Å². The van der Waals surface area contributed by atoms with Crippen molar-refractivity contribution < 1.29 is 32.2 Å². The van der Waals surface area contributed by atoms with Crippen LogP contribution < -0.4 is 19.7 Å². The van der Waals surface area contributed by atoms with Crippen LogP contribution in [0.3, 0.4) is 0 Å². The molecule has 2 aromatic rings. The van der Waals surface area contributed by atoms with E-state index in [1.54, 1.807) is 18.2 Å². The molecule has 9 heteroatoms. The molecule has 1 heterocycles. The van der Waals surface area contributed by atoms with Gasteiger partial charge in [0.05, 0.1) is 44.4 Å². The summed E-state index contributed by atoms with van der Waals surface area (Å²) in [6.07, 6.45) is -1.74. The van der Waals surface area contributed by atoms with Crippen molar-refractivity contribution in [3.63, 3.8) is 0 Å². The first-order chi connectivity index (χ1) is 14.8. The molecule has 0 bridgehead atoms. The molecule has 6 nitrogen and oxygen atoms in total. The third-order valence-electron chi connectivity index (χ3n) is 4.73. The molecule has 0 aliphatic carbocycles. The van der Waals surface area contributed by atoms with E-state index in [0.717, 1.165) is 12.1 Å². The van der Waals surface area contributed by atoms with Crippen molar-refractivity contribution in [2.24, 2.45) is 0 Å². The molecule has 166 valence electrons. The van der Waals surface area contributed by atoms with Gasteiger partial charge in [-0.1, -0.05) is 0 Å². The minimum atomic E-state index is -4.52. The van der Waals surface area contributed by atoms with Gasteiger partial charge in [0.25, 0.3) is 0 Å². The van der Waals surface area contributed by atoms with Crippen molar-refractivity contribution in [3.05, 3.63) is 53.6 Å². The zero-order valence-electron chi connectivity index (χ0n) is 17.2. The Morgan fingerprint density at radius 2 is 1.71 bits per heavy atom. The number of hydrogen-bond acceptors (Lipinski definition) is 5. The van der Waals surface area contributed by atoms with E-state index in [2.05, 4.69) is 5.32 Å². The summed E-state index contributed by atoms with van der Waals surface area (Å²) in [5, 5.41) is 2.58. The summed E-state index contributed by atoms with van der Waals surface area (Å²) in [6, 6.07) is 8.43. The summed E-state index contributed by atoms with van der Waals surface area (Å²) in [5.41, 5.74) is 0.417.